The molecule has 1 amide bonds. The van der Waals surface area contributed by atoms with Crippen LogP contribution in [-0.4, -0.2) is 55.6 Å². The van der Waals surface area contributed by atoms with Gasteiger partial charge in [0.15, 0.2) is 0 Å². The summed E-state index contributed by atoms with van der Waals surface area (Å²) in [7, 11) is 1.76. The normalized spacial score (nSPS) is 24.9. The van der Waals surface area contributed by atoms with Gasteiger partial charge in [0.2, 0.25) is 5.91 Å². The summed E-state index contributed by atoms with van der Waals surface area (Å²) >= 11 is 0. The van der Waals surface area contributed by atoms with Crippen molar-refractivity contribution in [3.8, 4) is 6.07 Å². The molecular formula is C23H31F3N6O2. The van der Waals surface area contributed by atoms with E-state index in [9.17, 15) is 23.2 Å². The van der Waals surface area contributed by atoms with Crippen molar-refractivity contribution < 1.29 is 22.7 Å². The second-order valence-electron chi connectivity index (χ2n) is 9.47. The lowest BCUT2D eigenvalue weighted by Gasteiger charge is -2.42. The van der Waals surface area contributed by atoms with Crippen LogP contribution in [0.1, 0.15) is 38.2 Å². The average Bonchev–Trinajstić information content (AvgIpc) is 2.75. The van der Waals surface area contributed by atoms with E-state index in [1.165, 1.54) is 12.1 Å². The molecule has 0 radical (unpaired) electrons. The van der Waals surface area contributed by atoms with Crippen LogP contribution in [0, 0.1) is 22.7 Å². The molecule has 186 valence electrons. The molecule has 1 aromatic rings. The summed E-state index contributed by atoms with van der Waals surface area (Å²) in [5, 5.41) is 15.1. The highest BCUT2D eigenvalue weighted by Gasteiger charge is 2.37. The average molecular weight is 481 g/mol. The SMILES string of the molecule is CN(NC(CC(N)=O)=Nc1ccc(C(F)(F)F)cc1)C1CCC(NCC2(C)COC2)CC1C#N. The maximum Gasteiger partial charge on any atom is 0.416 e. The fourth-order valence-corrected chi connectivity index (χ4v) is 4.32. The van der Waals surface area contributed by atoms with Gasteiger partial charge in [-0.15, -0.1) is 0 Å². The van der Waals surface area contributed by atoms with E-state index in [0.717, 1.165) is 44.7 Å². The fourth-order valence-electron chi connectivity index (χ4n) is 4.32. The van der Waals surface area contributed by atoms with Gasteiger partial charge in [0.1, 0.15) is 5.84 Å². The van der Waals surface area contributed by atoms with Crippen LogP contribution in [0.3, 0.4) is 0 Å². The molecule has 4 N–H and O–H groups in total. The Bertz CT molecular complexity index is 924. The van der Waals surface area contributed by atoms with E-state index in [1.807, 2.05) is 0 Å². The van der Waals surface area contributed by atoms with Crippen LogP contribution >= 0.6 is 0 Å². The number of carbonyl (C=O) groups is 1. The number of ether oxygens (including phenoxy) is 1. The molecule has 0 aromatic heterocycles. The van der Waals surface area contributed by atoms with Crippen molar-refractivity contribution in [3.05, 3.63) is 29.8 Å². The lowest BCUT2D eigenvalue weighted by molar-refractivity contribution is -0.137. The number of amidine groups is 1. The summed E-state index contributed by atoms with van der Waals surface area (Å²) in [5.74, 6) is -0.690. The van der Waals surface area contributed by atoms with Crippen molar-refractivity contribution >= 4 is 17.4 Å². The molecule has 2 aliphatic rings. The van der Waals surface area contributed by atoms with Gasteiger partial charge in [0.05, 0.1) is 42.9 Å². The minimum Gasteiger partial charge on any atom is -0.380 e. The lowest BCUT2D eigenvalue weighted by Crippen LogP contribution is -2.54. The first-order chi connectivity index (χ1) is 16.0. The molecule has 1 aliphatic heterocycles. The Morgan fingerprint density at radius 3 is 2.53 bits per heavy atom. The Balaban J connectivity index is 1.64. The first-order valence-corrected chi connectivity index (χ1v) is 11.2. The van der Waals surface area contributed by atoms with Crippen LogP contribution in [0.25, 0.3) is 0 Å². The van der Waals surface area contributed by atoms with Crippen molar-refractivity contribution in [2.24, 2.45) is 22.1 Å². The van der Waals surface area contributed by atoms with Gasteiger partial charge in [-0.2, -0.15) is 18.4 Å². The fraction of sp³-hybridized carbons (Fsp3) is 0.609. The molecule has 1 heterocycles. The number of aliphatic imine (C=N–C) groups is 1. The van der Waals surface area contributed by atoms with Crippen molar-refractivity contribution in [3.63, 3.8) is 0 Å². The largest absolute Gasteiger partial charge is 0.416 e. The minimum absolute atomic E-state index is 0.128. The smallest absolute Gasteiger partial charge is 0.380 e. The molecule has 1 saturated heterocycles. The van der Waals surface area contributed by atoms with E-state index < -0.39 is 17.6 Å². The number of carbonyl (C=O) groups excluding carboxylic acids is 1. The number of hydrazine groups is 1. The van der Waals surface area contributed by atoms with Crippen LogP contribution in [0.4, 0.5) is 18.9 Å². The Labute approximate surface area is 197 Å². The Morgan fingerprint density at radius 1 is 1.32 bits per heavy atom. The van der Waals surface area contributed by atoms with E-state index >= 15 is 0 Å². The van der Waals surface area contributed by atoms with Crippen molar-refractivity contribution in [1.29, 1.82) is 5.26 Å². The number of nitriles is 1. The predicted octanol–water partition coefficient (Wildman–Crippen LogP) is 2.73. The third-order valence-electron chi connectivity index (χ3n) is 6.30. The highest BCUT2D eigenvalue weighted by molar-refractivity contribution is 6.00. The van der Waals surface area contributed by atoms with Gasteiger partial charge in [0.25, 0.3) is 0 Å². The second-order valence-corrected chi connectivity index (χ2v) is 9.47. The third-order valence-corrected chi connectivity index (χ3v) is 6.30. The first-order valence-electron chi connectivity index (χ1n) is 11.2. The number of nitrogens with zero attached hydrogens (tertiary/aromatic N) is 3. The molecule has 1 saturated carbocycles. The zero-order valence-electron chi connectivity index (χ0n) is 19.4. The standard InChI is InChI=1S/C23H31F3N6O2/c1-22(13-34-14-22)12-29-18-7-8-19(15(9-18)11-27)32(2)31-21(10-20(28)33)30-17-5-3-16(4-6-17)23(24,25)26/h3-6,15,18-19,29H,7-10,12-14H2,1-2H3,(H2,28,33)(H,30,31). The Kier molecular flexibility index (Phi) is 8.17. The molecule has 11 heteroatoms. The number of nitrogens with two attached hydrogens (primary N) is 1. The molecule has 3 atom stereocenters. The highest BCUT2D eigenvalue weighted by Crippen LogP contribution is 2.31. The first kappa shape index (κ1) is 25.9. The number of amides is 1. The van der Waals surface area contributed by atoms with Crippen LogP contribution in [-0.2, 0) is 15.7 Å². The molecule has 0 bridgehead atoms. The van der Waals surface area contributed by atoms with Gasteiger partial charge in [-0.3, -0.25) is 4.79 Å². The molecule has 34 heavy (non-hydrogen) atoms. The van der Waals surface area contributed by atoms with E-state index in [0.29, 0.717) is 6.42 Å². The zero-order chi connectivity index (χ0) is 24.9. The minimum atomic E-state index is -4.44. The van der Waals surface area contributed by atoms with Crippen LogP contribution < -0.4 is 16.5 Å². The number of hydrogen-bond acceptors (Lipinski definition) is 6. The molecular weight excluding hydrogens is 449 g/mol. The predicted molar refractivity (Wildman–Crippen MR) is 121 cm³/mol. The number of halogens is 3. The second kappa shape index (κ2) is 10.7. The molecule has 8 nitrogen and oxygen atoms in total. The van der Waals surface area contributed by atoms with Crippen molar-refractivity contribution in [1.82, 2.24) is 15.8 Å². The van der Waals surface area contributed by atoms with E-state index in [4.69, 9.17) is 10.5 Å². The Hall–Kier alpha value is -2.68. The summed E-state index contributed by atoms with van der Waals surface area (Å²) in [6.07, 6.45) is -2.35. The lowest BCUT2D eigenvalue weighted by atomic mass is 9.81. The van der Waals surface area contributed by atoms with Crippen LogP contribution in [0.2, 0.25) is 0 Å². The molecule has 1 aliphatic carbocycles. The summed E-state index contributed by atoms with van der Waals surface area (Å²) in [4.78, 5) is 15.8. The van der Waals surface area contributed by atoms with Crippen molar-refractivity contribution in [2.75, 3.05) is 26.8 Å². The van der Waals surface area contributed by atoms with Gasteiger partial charge < -0.3 is 21.2 Å². The van der Waals surface area contributed by atoms with E-state index in [1.54, 1.807) is 12.1 Å². The molecule has 3 rings (SSSR count). The maximum absolute atomic E-state index is 12.8. The van der Waals surface area contributed by atoms with Gasteiger partial charge >= 0.3 is 6.18 Å². The van der Waals surface area contributed by atoms with Crippen molar-refractivity contribution in [2.45, 2.75) is 50.9 Å². The summed E-state index contributed by atoms with van der Waals surface area (Å²) in [6, 6.07) is 6.82. The van der Waals surface area contributed by atoms with Crippen LogP contribution in [0.5, 0.6) is 0 Å². The summed E-state index contributed by atoms with van der Waals surface area (Å²) < 4.78 is 43.7. The molecule has 0 spiro atoms. The number of alkyl halides is 3. The third kappa shape index (κ3) is 6.91. The monoisotopic (exact) mass is 480 g/mol. The number of hydrogen-bond donors (Lipinski definition) is 3. The number of primary amides is 1. The summed E-state index contributed by atoms with van der Waals surface area (Å²) in [6.45, 7) is 4.50. The molecule has 2 fully saturated rings. The molecule has 3 unspecified atom stereocenters. The van der Waals surface area contributed by atoms with Gasteiger partial charge in [-0.1, -0.05) is 6.92 Å². The number of benzene rings is 1. The van der Waals surface area contributed by atoms with Gasteiger partial charge in [0, 0.05) is 31.1 Å². The quantitative estimate of drug-likeness (QED) is 0.299. The Morgan fingerprint density at radius 2 is 2.00 bits per heavy atom. The number of nitrogens with one attached hydrogen (secondary N) is 2. The van der Waals surface area contributed by atoms with Gasteiger partial charge in [-0.05, 0) is 43.5 Å². The topological polar surface area (TPSA) is 116 Å². The van der Waals surface area contributed by atoms with E-state index in [2.05, 4.69) is 28.7 Å². The zero-order valence-corrected chi connectivity index (χ0v) is 19.4. The molecule has 1 aromatic carbocycles. The highest BCUT2D eigenvalue weighted by atomic mass is 19.4. The van der Waals surface area contributed by atoms with Gasteiger partial charge in [-0.25, -0.2) is 10.0 Å². The maximum atomic E-state index is 12.8. The van der Waals surface area contributed by atoms with Crippen LogP contribution in [0.15, 0.2) is 29.3 Å². The summed E-state index contributed by atoms with van der Waals surface area (Å²) in [5.41, 5.74) is 8.00. The van der Waals surface area contributed by atoms with E-state index in [-0.39, 0.29) is 41.4 Å². The number of rotatable bonds is 8.